The van der Waals surface area contributed by atoms with Gasteiger partial charge in [-0.3, -0.25) is 0 Å². The molecule has 0 saturated heterocycles. The van der Waals surface area contributed by atoms with Gasteiger partial charge in [0.2, 0.25) is 0 Å². The van der Waals surface area contributed by atoms with Crippen LogP contribution >= 0.6 is 23.1 Å². The summed E-state index contributed by atoms with van der Waals surface area (Å²) < 4.78 is 0. The fraction of sp³-hybridized carbons (Fsp3) is 0.733. The second-order valence-corrected chi connectivity index (χ2v) is 7.56. The maximum absolute atomic E-state index is 8.71. The molecule has 0 amide bonds. The number of aliphatic hydroxyl groups is 1. The highest BCUT2D eigenvalue weighted by atomic mass is 32.2. The number of aliphatic hydroxyl groups excluding tert-OH is 1. The normalized spacial score (nSPS) is 16.3. The van der Waals surface area contributed by atoms with Crippen LogP contribution in [0.3, 0.4) is 0 Å². The van der Waals surface area contributed by atoms with Crippen molar-refractivity contribution in [2.45, 2.75) is 45.1 Å². The Bertz CT molecular complexity index is 355. The Morgan fingerprint density at radius 2 is 2.21 bits per heavy atom. The lowest BCUT2D eigenvalue weighted by molar-refractivity contribution is 0.296. The van der Waals surface area contributed by atoms with Gasteiger partial charge in [0, 0.05) is 34.7 Å². The molecule has 2 rings (SSSR count). The fourth-order valence-electron chi connectivity index (χ4n) is 2.44. The highest BCUT2D eigenvalue weighted by Gasteiger charge is 2.16. The van der Waals surface area contributed by atoms with Gasteiger partial charge in [-0.25, -0.2) is 0 Å². The Morgan fingerprint density at radius 1 is 1.37 bits per heavy atom. The maximum Gasteiger partial charge on any atom is 0.0438 e. The molecule has 1 aliphatic carbocycles. The first kappa shape index (κ1) is 15.4. The third-order valence-corrected chi connectivity index (χ3v) is 6.08. The van der Waals surface area contributed by atoms with E-state index in [2.05, 4.69) is 18.3 Å². The Balaban J connectivity index is 1.70. The lowest BCUT2D eigenvalue weighted by Gasteiger charge is -2.11. The molecule has 0 saturated carbocycles. The molecule has 108 valence electrons. The minimum absolute atomic E-state index is 0.317. The molecule has 0 aliphatic heterocycles. The topological polar surface area (TPSA) is 32.3 Å². The first-order valence-corrected chi connectivity index (χ1v) is 9.32. The van der Waals surface area contributed by atoms with Gasteiger partial charge in [-0.05, 0) is 56.4 Å². The summed E-state index contributed by atoms with van der Waals surface area (Å²) in [5.74, 6) is 2.20. The monoisotopic (exact) mass is 299 g/mol. The number of aryl methyl sites for hydroxylation is 2. The van der Waals surface area contributed by atoms with E-state index in [9.17, 15) is 0 Å². The van der Waals surface area contributed by atoms with Gasteiger partial charge in [-0.15, -0.1) is 11.3 Å². The molecule has 1 unspecified atom stereocenters. The number of nitrogens with one attached hydrogen (secondary N) is 1. The molecule has 1 aliphatic rings. The lowest BCUT2D eigenvalue weighted by atomic mass is 9.99. The molecule has 1 aromatic heterocycles. The predicted octanol–water partition coefficient (Wildman–Crippen LogP) is 3.39. The third-order valence-electron chi connectivity index (χ3n) is 3.59. The quantitative estimate of drug-likeness (QED) is 0.722. The molecule has 0 spiro atoms. The van der Waals surface area contributed by atoms with Crippen LogP contribution in [0.5, 0.6) is 0 Å². The molecule has 0 bridgehead atoms. The van der Waals surface area contributed by atoms with Gasteiger partial charge < -0.3 is 10.4 Å². The molecule has 2 N–H and O–H groups in total. The minimum atomic E-state index is 0.317. The lowest BCUT2D eigenvalue weighted by Crippen LogP contribution is -2.20. The molecule has 1 heterocycles. The van der Waals surface area contributed by atoms with Crippen LogP contribution in [0.4, 0.5) is 0 Å². The van der Waals surface area contributed by atoms with Crippen LogP contribution in [-0.4, -0.2) is 29.8 Å². The van der Waals surface area contributed by atoms with E-state index >= 15 is 0 Å². The highest BCUT2D eigenvalue weighted by molar-refractivity contribution is 7.99. The van der Waals surface area contributed by atoms with Gasteiger partial charge in [-0.2, -0.15) is 11.8 Å². The minimum Gasteiger partial charge on any atom is -0.396 e. The summed E-state index contributed by atoms with van der Waals surface area (Å²) in [6.45, 7) is 3.65. The maximum atomic E-state index is 8.71. The van der Waals surface area contributed by atoms with Crippen molar-refractivity contribution >= 4 is 23.1 Å². The number of hydrogen-bond donors (Lipinski definition) is 2. The average molecular weight is 300 g/mol. The predicted molar refractivity (Wildman–Crippen MR) is 86.4 cm³/mol. The Labute approximate surface area is 125 Å². The largest absolute Gasteiger partial charge is 0.396 e. The molecular weight excluding hydrogens is 274 g/mol. The molecule has 19 heavy (non-hydrogen) atoms. The molecule has 0 radical (unpaired) electrons. The van der Waals surface area contributed by atoms with Crippen LogP contribution in [0.15, 0.2) is 6.07 Å². The van der Waals surface area contributed by atoms with Crippen molar-refractivity contribution in [1.82, 2.24) is 5.32 Å². The van der Waals surface area contributed by atoms with Crippen LogP contribution in [0, 0.1) is 0 Å². The van der Waals surface area contributed by atoms with Gasteiger partial charge in [0.15, 0.2) is 0 Å². The SMILES string of the molecule is CC(NCCSCCCO)c1cc2c(s1)CCCC2. The van der Waals surface area contributed by atoms with Gasteiger partial charge in [-0.1, -0.05) is 0 Å². The zero-order valence-corrected chi connectivity index (χ0v) is 13.4. The van der Waals surface area contributed by atoms with E-state index in [-0.39, 0.29) is 0 Å². The van der Waals surface area contributed by atoms with Crippen molar-refractivity contribution in [3.8, 4) is 0 Å². The van der Waals surface area contributed by atoms with Gasteiger partial charge in [0.1, 0.15) is 0 Å². The zero-order valence-electron chi connectivity index (χ0n) is 11.8. The van der Waals surface area contributed by atoms with E-state index in [1.807, 2.05) is 23.1 Å². The second-order valence-electron chi connectivity index (χ2n) is 5.17. The van der Waals surface area contributed by atoms with E-state index < -0.39 is 0 Å². The summed E-state index contributed by atoms with van der Waals surface area (Å²) in [5, 5.41) is 12.3. The highest BCUT2D eigenvalue weighted by Crippen LogP contribution is 2.32. The number of fused-ring (bicyclic) bond motifs is 1. The van der Waals surface area contributed by atoms with Crippen LogP contribution in [0.25, 0.3) is 0 Å². The molecule has 0 aromatic carbocycles. The third kappa shape index (κ3) is 4.78. The molecule has 4 heteroatoms. The zero-order chi connectivity index (χ0) is 13.5. The molecule has 1 atom stereocenters. The fourth-order valence-corrected chi connectivity index (χ4v) is 4.53. The summed E-state index contributed by atoms with van der Waals surface area (Å²) in [4.78, 5) is 3.14. The Hall–Kier alpha value is -0.0300. The standard InChI is InChI=1S/C15H25NOS2/c1-12(16-7-10-18-9-4-8-17)15-11-13-5-2-3-6-14(13)19-15/h11-12,16-17H,2-10H2,1H3. The number of hydrogen-bond acceptors (Lipinski definition) is 4. The van der Waals surface area contributed by atoms with Gasteiger partial charge in [0.05, 0.1) is 0 Å². The number of thiophene rings is 1. The van der Waals surface area contributed by atoms with Crippen molar-refractivity contribution in [2.75, 3.05) is 24.7 Å². The first-order valence-electron chi connectivity index (χ1n) is 7.34. The average Bonchev–Trinajstić information content (AvgIpc) is 2.86. The Kier molecular flexibility index (Phi) is 6.71. The van der Waals surface area contributed by atoms with Crippen LogP contribution < -0.4 is 5.32 Å². The van der Waals surface area contributed by atoms with E-state index in [1.165, 1.54) is 30.6 Å². The van der Waals surface area contributed by atoms with Crippen molar-refractivity contribution < 1.29 is 5.11 Å². The van der Waals surface area contributed by atoms with Crippen LogP contribution in [0.1, 0.15) is 47.5 Å². The smallest absolute Gasteiger partial charge is 0.0438 e. The van der Waals surface area contributed by atoms with E-state index in [1.54, 1.807) is 10.4 Å². The van der Waals surface area contributed by atoms with Gasteiger partial charge >= 0.3 is 0 Å². The summed E-state index contributed by atoms with van der Waals surface area (Å²) in [6.07, 6.45) is 6.24. The van der Waals surface area contributed by atoms with E-state index in [4.69, 9.17) is 5.11 Å². The first-order chi connectivity index (χ1) is 9.31. The van der Waals surface area contributed by atoms with Crippen LogP contribution in [-0.2, 0) is 12.8 Å². The number of rotatable bonds is 8. The van der Waals surface area contributed by atoms with Crippen molar-refractivity contribution in [1.29, 1.82) is 0 Å². The van der Waals surface area contributed by atoms with E-state index in [0.29, 0.717) is 12.6 Å². The van der Waals surface area contributed by atoms with Gasteiger partial charge in [0.25, 0.3) is 0 Å². The summed E-state index contributed by atoms with van der Waals surface area (Å²) in [6, 6.07) is 2.91. The number of thioether (sulfide) groups is 1. The Morgan fingerprint density at radius 3 is 3.00 bits per heavy atom. The molecule has 0 fully saturated rings. The summed E-state index contributed by atoms with van der Waals surface area (Å²) in [7, 11) is 0. The molecule has 2 nitrogen and oxygen atoms in total. The summed E-state index contributed by atoms with van der Waals surface area (Å²) in [5.41, 5.74) is 1.61. The van der Waals surface area contributed by atoms with Crippen LogP contribution in [0.2, 0.25) is 0 Å². The van der Waals surface area contributed by atoms with Crippen molar-refractivity contribution in [2.24, 2.45) is 0 Å². The van der Waals surface area contributed by atoms with Crippen molar-refractivity contribution in [3.05, 3.63) is 21.4 Å². The molecule has 1 aromatic rings. The molecular formula is C15H25NOS2. The second kappa shape index (κ2) is 8.30. The van der Waals surface area contributed by atoms with Crippen molar-refractivity contribution in [3.63, 3.8) is 0 Å². The summed E-state index contributed by atoms with van der Waals surface area (Å²) >= 11 is 3.94. The van der Waals surface area contributed by atoms with E-state index in [0.717, 1.165) is 24.5 Å².